The van der Waals surface area contributed by atoms with Crippen LogP contribution in [0.4, 0.5) is 5.69 Å². The van der Waals surface area contributed by atoms with Crippen LogP contribution in [-0.4, -0.2) is 23.7 Å². The van der Waals surface area contributed by atoms with Gasteiger partial charge in [-0.3, -0.25) is 9.78 Å². The number of benzene rings is 1. The van der Waals surface area contributed by atoms with Gasteiger partial charge in [-0.2, -0.15) is 5.10 Å². The molecule has 1 aromatic heterocycles. The van der Waals surface area contributed by atoms with Gasteiger partial charge < -0.3 is 5.32 Å². The van der Waals surface area contributed by atoms with E-state index < -0.39 is 0 Å². The van der Waals surface area contributed by atoms with E-state index in [9.17, 15) is 4.79 Å². The zero-order valence-corrected chi connectivity index (χ0v) is 11.2. The first-order valence-electron chi connectivity index (χ1n) is 6.27. The van der Waals surface area contributed by atoms with Gasteiger partial charge in [-0.15, -0.1) is 0 Å². The van der Waals surface area contributed by atoms with Crippen LogP contribution in [0.25, 0.3) is 0 Å². The summed E-state index contributed by atoms with van der Waals surface area (Å²) in [6.07, 6.45) is 3.17. The highest BCUT2D eigenvalue weighted by Crippen LogP contribution is 2.08. The molecule has 5 heteroatoms. The van der Waals surface area contributed by atoms with Crippen LogP contribution in [-0.2, 0) is 4.79 Å². The van der Waals surface area contributed by atoms with E-state index in [4.69, 9.17) is 0 Å². The molecular formula is C15H16N4O. The molecule has 0 atom stereocenters. The normalized spacial score (nSPS) is 10.4. The number of anilines is 1. The summed E-state index contributed by atoms with van der Waals surface area (Å²) in [5.74, 6) is -0.210. The van der Waals surface area contributed by atoms with E-state index in [1.807, 2.05) is 43.3 Å². The Morgan fingerprint density at radius 3 is 2.95 bits per heavy atom. The third-order valence-corrected chi connectivity index (χ3v) is 2.54. The van der Waals surface area contributed by atoms with Gasteiger partial charge in [-0.1, -0.05) is 18.2 Å². The molecular weight excluding hydrogens is 252 g/mol. The van der Waals surface area contributed by atoms with Crippen molar-refractivity contribution in [1.29, 1.82) is 0 Å². The van der Waals surface area contributed by atoms with Gasteiger partial charge in [0.25, 0.3) is 5.91 Å². The number of nitrogens with zero attached hydrogens (tertiary/aromatic N) is 2. The maximum absolute atomic E-state index is 11.6. The number of nitrogens with one attached hydrogen (secondary N) is 2. The lowest BCUT2D eigenvalue weighted by molar-refractivity contribution is -0.119. The van der Waals surface area contributed by atoms with Crippen molar-refractivity contribution in [2.75, 3.05) is 11.9 Å². The number of carbonyl (C=O) groups excluding carboxylic acids is 1. The third kappa shape index (κ3) is 4.53. The molecule has 0 spiro atoms. The molecule has 20 heavy (non-hydrogen) atoms. The van der Waals surface area contributed by atoms with Crippen molar-refractivity contribution in [3.8, 4) is 0 Å². The molecule has 0 bridgehead atoms. The Balaban J connectivity index is 1.77. The van der Waals surface area contributed by atoms with Gasteiger partial charge in [0.2, 0.25) is 0 Å². The first-order chi connectivity index (χ1) is 9.74. The van der Waals surface area contributed by atoms with E-state index in [0.717, 1.165) is 11.3 Å². The van der Waals surface area contributed by atoms with Crippen LogP contribution >= 0.6 is 0 Å². The van der Waals surface area contributed by atoms with Crippen molar-refractivity contribution >= 4 is 17.8 Å². The third-order valence-electron chi connectivity index (χ3n) is 2.54. The predicted molar refractivity (Wildman–Crippen MR) is 79.6 cm³/mol. The molecule has 1 amide bonds. The molecule has 2 rings (SSSR count). The highest BCUT2D eigenvalue weighted by atomic mass is 16.2. The maximum Gasteiger partial charge on any atom is 0.259 e. The van der Waals surface area contributed by atoms with E-state index in [1.54, 1.807) is 12.3 Å². The van der Waals surface area contributed by atoms with Crippen molar-refractivity contribution in [3.05, 3.63) is 59.9 Å². The van der Waals surface area contributed by atoms with E-state index in [-0.39, 0.29) is 12.5 Å². The molecule has 0 radical (unpaired) electrons. The second kappa shape index (κ2) is 7.04. The van der Waals surface area contributed by atoms with E-state index in [0.29, 0.717) is 5.69 Å². The van der Waals surface area contributed by atoms with Gasteiger partial charge in [-0.25, -0.2) is 5.43 Å². The van der Waals surface area contributed by atoms with Crippen molar-refractivity contribution in [1.82, 2.24) is 10.4 Å². The highest BCUT2D eigenvalue weighted by Gasteiger charge is 1.99. The number of aryl methyl sites for hydroxylation is 1. The lowest BCUT2D eigenvalue weighted by Gasteiger charge is -2.05. The van der Waals surface area contributed by atoms with Gasteiger partial charge in [0.05, 0.1) is 18.5 Å². The van der Waals surface area contributed by atoms with Crippen molar-refractivity contribution in [2.45, 2.75) is 6.92 Å². The van der Waals surface area contributed by atoms with E-state index >= 15 is 0 Å². The van der Waals surface area contributed by atoms with Crippen molar-refractivity contribution < 1.29 is 4.79 Å². The standard InChI is InChI=1S/C15H16N4O/c1-12-5-4-7-13(9-12)17-11-15(20)19-18-10-14-6-2-3-8-16-14/h2-10,17H,11H2,1H3,(H,19,20)/b18-10+. The molecule has 5 nitrogen and oxygen atoms in total. The Hall–Kier alpha value is -2.69. The minimum atomic E-state index is -0.210. The van der Waals surface area contributed by atoms with Crippen LogP contribution in [0.15, 0.2) is 53.8 Å². The summed E-state index contributed by atoms with van der Waals surface area (Å²) in [7, 11) is 0. The lowest BCUT2D eigenvalue weighted by atomic mass is 10.2. The summed E-state index contributed by atoms with van der Waals surface area (Å²) < 4.78 is 0. The average molecular weight is 268 g/mol. The first kappa shape index (κ1) is 13.7. The van der Waals surface area contributed by atoms with E-state index in [1.165, 1.54) is 6.21 Å². The Morgan fingerprint density at radius 1 is 1.30 bits per heavy atom. The molecule has 0 aliphatic rings. The summed E-state index contributed by atoms with van der Waals surface area (Å²) in [6.45, 7) is 2.17. The molecule has 2 aromatic rings. The summed E-state index contributed by atoms with van der Waals surface area (Å²) in [4.78, 5) is 15.6. The van der Waals surface area contributed by atoms with E-state index in [2.05, 4.69) is 20.8 Å². The molecule has 102 valence electrons. The Morgan fingerprint density at radius 2 is 2.20 bits per heavy atom. The number of hydrogen-bond donors (Lipinski definition) is 2. The number of aromatic nitrogens is 1. The number of hydrogen-bond acceptors (Lipinski definition) is 4. The smallest absolute Gasteiger partial charge is 0.259 e. The summed E-state index contributed by atoms with van der Waals surface area (Å²) in [6, 6.07) is 13.3. The fourth-order valence-corrected chi connectivity index (χ4v) is 1.60. The molecule has 0 aliphatic heterocycles. The van der Waals surface area contributed by atoms with Gasteiger partial charge in [0.1, 0.15) is 0 Å². The zero-order valence-electron chi connectivity index (χ0n) is 11.2. The number of hydrazone groups is 1. The SMILES string of the molecule is Cc1cccc(NCC(=O)N/N=C/c2ccccn2)c1. The molecule has 0 saturated heterocycles. The Kier molecular flexibility index (Phi) is 4.83. The van der Waals surface area contributed by atoms with Crippen LogP contribution in [0.1, 0.15) is 11.3 Å². The first-order valence-corrected chi connectivity index (χ1v) is 6.27. The van der Waals surface area contributed by atoms with Gasteiger partial charge in [0, 0.05) is 11.9 Å². The second-order valence-electron chi connectivity index (χ2n) is 4.27. The van der Waals surface area contributed by atoms with Crippen LogP contribution in [0.3, 0.4) is 0 Å². The quantitative estimate of drug-likeness (QED) is 0.643. The summed E-state index contributed by atoms with van der Waals surface area (Å²) in [5, 5.41) is 6.88. The molecule has 0 fully saturated rings. The Labute approximate surface area is 117 Å². The van der Waals surface area contributed by atoms with Gasteiger partial charge in [-0.05, 0) is 36.8 Å². The van der Waals surface area contributed by atoms with Gasteiger partial charge >= 0.3 is 0 Å². The lowest BCUT2D eigenvalue weighted by Crippen LogP contribution is -2.25. The molecule has 0 saturated carbocycles. The zero-order chi connectivity index (χ0) is 14.2. The molecule has 2 N–H and O–H groups in total. The maximum atomic E-state index is 11.6. The fraction of sp³-hybridized carbons (Fsp3) is 0.133. The number of pyridine rings is 1. The average Bonchev–Trinajstić information content (AvgIpc) is 2.46. The number of amides is 1. The number of rotatable bonds is 5. The molecule has 0 unspecified atom stereocenters. The molecule has 1 heterocycles. The van der Waals surface area contributed by atoms with Crippen molar-refractivity contribution in [3.63, 3.8) is 0 Å². The highest BCUT2D eigenvalue weighted by molar-refractivity contribution is 5.83. The van der Waals surface area contributed by atoms with Gasteiger partial charge in [0.15, 0.2) is 0 Å². The summed E-state index contributed by atoms with van der Waals surface area (Å²) in [5.41, 5.74) is 5.19. The molecule has 0 aliphatic carbocycles. The predicted octanol–water partition coefficient (Wildman–Crippen LogP) is 1.95. The molecule has 1 aromatic carbocycles. The minimum Gasteiger partial charge on any atom is -0.376 e. The van der Waals surface area contributed by atoms with Crippen LogP contribution in [0.2, 0.25) is 0 Å². The van der Waals surface area contributed by atoms with Crippen molar-refractivity contribution in [2.24, 2.45) is 5.10 Å². The van der Waals surface area contributed by atoms with Crippen LogP contribution in [0.5, 0.6) is 0 Å². The topological polar surface area (TPSA) is 66.4 Å². The summed E-state index contributed by atoms with van der Waals surface area (Å²) >= 11 is 0. The Bertz CT molecular complexity index is 596. The van der Waals surface area contributed by atoms with Crippen LogP contribution in [0, 0.1) is 6.92 Å². The van der Waals surface area contributed by atoms with Crippen LogP contribution < -0.4 is 10.7 Å². The number of carbonyl (C=O) groups is 1. The minimum absolute atomic E-state index is 0.170. The second-order valence-corrected chi connectivity index (χ2v) is 4.27. The fourth-order valence-electron chi connectivity index (χ4n) is 1.60. The monoisotopic (exact) mass is 268 g/mol. The largest absolute Gasteiger partial charge is 0.376 e.